The predicted molar refractivity (Wildman–Crippen MR) is 63.6 cm³/mol. The molecule has 0 aliphatic carbocycles. The Bertz CT molecular complexity index is 416. The second-order valence-electron chi connectivity index (χ2n) is 3.49. The largest absolute Gasteiger partial charge is 0.481 e. The van der Waals surface area contributed by atoms with Gasteiger partial charge in [-0.05, 0) is 12.1 Å². The third-order valence-electron chi connectivity index (χ3n) is 2.10. The van der Waals surface area contributed by atoms with Crippen molar-refractivity contribution in [3.8, 4) is 0 Å². The Kier molecular flexibility index (Phi) is 4.47. The summed E-state index contributed by atoms with van der Waals surface area (Å²) < 4.78 is 0. The Balaban J connectivity index is 0.000000317. The zero-order valence-corrected chi connectivity index (χ0v) is 9.51. The number of nitrogens with one attached hydrogen (secondary N) is 1. The molecule has 0 fully saturated rings. The molecular weight excluding hydrogens is 222 g/mol. The van der Waals surface area contributed by atoms with Crippen LogP contribution in [0.1, 0.15) is 17.3 Å². The van der Waals surface area contributed by atoms with Crippen molar-refractivity contribution in [2.75, 3.05) is 18.1 Å². The van der Waals surface area contributed by atoms with Crippen LogP contribution in [0, 0.1) is 0 Å². The number of carboxylic acid groups (broad SMARTS) is 1. The lowest BCUT2D eigenvalue weighted by Crippen LogP contribution is -2.35. The van der Waals surface area contributed by atoms with Gasteiger partial charge < -0.3 is 15.4 Å². The van der Waals surface area contributed by atoms with Crippen LogP contribution in [0.25, 0.3) is 0 Å². The van der Waals surface area contributed by atoms with Crippen molar-refractivity contribution in [3.05, 3.63) is 29.8 Å². The summed E-state index contributed by atoms with van der Waals surface area (Å²) in [6.45, 7) is 2.31. The number of aliphatic carboxylic acids is 1. The number of hydrogen-bond donors (Lipinski definition) is 3. The van der Waals surface area contributed by atoms with Crippen LogP contribution in [0.5, 0.6) is 0 Å². The Morgan fingerprint density at radius 3 is 2.71 bits per heavy atom. The number of rotatable bonds is 0. The van der Waals surface area contributed by atoms with Gasteiger partial charge in [0.1, 0.15) is 0 Å². The van der Waals surface area contributed by atoms with E-state index in [-0.39, 0.29) is 5.91 Å². The molecule has 0 saturated heterocycles. The van der Waals surface area contributed by atoms with E-state index in [1.54, 1.807) is 11.1 Å². The average Bonchev–Trinajstić information content (AvgIpc) is 2.40. The van der Waals surface area contributed by atoms with E-state index in [2.05, 4.69) is 5.32 Å². The van der Waals surface area contributed by atoms with Crippen LogP contribution in [-0.4, -0.2) is 30.1 Å². The van der Waals surface area contributed by atoms with Crippen LogP contribution in [0.15, 0.2) is 24.3 Å². The molecule has 6 heteroatoms. The standard InChI is InChI=1S/C9H11N3O.C2H4O2/c10-12-6-5-11-9(13)7-3-1-2-4-8(7)12;1-2(3)4/h1-4H,5-6,10H2,(H,11,13);1H3,(H,3,4). The van der Waals surface area contributed by atoms with Gasteiger partial charge in [0.2, 0.25) is 0 Å². The highest BCUT2D eigenvalue weighted by Gasteiger charge is 2.17. The summed E-state index contributed by atoms with van der Waals surface area (Å²) in [6.07, 6.45) is 0. The third kappa shape index (κ3) is 3.76. The van der Waals surface area contributed by atoms with E-state index in [1.807, 2.05) is 18.2 Å². The molecule has 1 aliphatic rings. The molecule has 0 radical (unpaired) electrons. The van der Waals surface area contributed by atoms with Gasteiger partial charge in [0, 0.05) is 13.5 Å². The highest BCUT2D eigenvalue weighted by atomic mass is 16.4. The highest BCUT2D eigenvalue weighted by molar-refractivity contribution is 6.00. The predicted octanol–water partition coefficient (Wildman–Crippen LogP) is 0.201. The molecular formula is C11H15N3O3. The number of amides is 1. The number of carboxylic acids is 1. The van der Waals surface area contributed by atoms with Crippen LogP contribution in [-0.2, 0) is 4.79 Å². The fourth-order valence-electron chi connectivity index (χ4n) is 1.42. The molecule has 0 unspecified atom stereocenters. The number of carbonyl (C=O) groups excluding carboxylic acids is 1. The van der Waals surface area contributed by atoms with Crippen molar-refractivity contribution >= 4 is 17.6 Å². The lowest BCUT2D eigenvalue weighted by molar-refractivity contribution is -0.134. The summed E-state index contributed by atoms with van der Waals surface area (Å²) in [5.74, 6) is 4.86. The molecule has 1 amide bonds. The summed E-state index contributed by atoms with van der Waals surface area (Å²) >= 11 is 0. The van der Waals surface area contributed by atoms with E-state index < -0.39 is 5.97 Å². The van der Waals surface area contributed by atoms with Crippen molar-refractivity contribution in [3.63, 3.8) is 0 Å². The molecule has 0 atom stereocenters. The Morgan fingerprint density at radius 2 is 2.06 bits per heavy atom. The van der Waals surface area contributed by atoms with E-state index in [0.717, 1.165) is 12.6 Å². The summed E-state index contributed by atoms with van der Waals surface area (Å²) in [7, 11) is 0. The van der Waals surface area contributed by atoms with Gasteiger partial charge in [-0.1, -0.05) is 12.1 Å². The van der Waals surface area contributed by atoms with Gasteiger partial charge in [0.25, 0.3) is 11.9 Å². The van der Waals surface area contributed by atoms with Crippen LogP contribution in [0.4, 0.5) is 5.69 Å². The van der Waals surface area contributed by atoms with Gasteiger partial charge in [-0.3, -0.25) is 9.59 Å². The van der Waals surface area contributed by atoms with Crippen LogP contribution >= 0.6 is 0 Å². The maximum absolute atomic E-state index is 11.5. The molecule has 6 nitrogen and oxygen atoms in total. The maximum Gasteiger partial charge on any atom is 0.300 e. The van der Waals surface area contributed by atoms with E-state index in [0.29, 0.717) is 18.7 Å². The van der Waals surface area contributed by atoms with Gasteiger partial charge in [-0.15, -0.1) is 0 Å². The second kappa shape index (κ2) is 5.86. The highest BCUT2D eigenvalue weighted by Crippen LogP contribution is 2.18. The summed E-state index contributed by atoms with van der Waals surface area (Å²) in [5.41, 5.74) is 1.43. The zero-order valence-electron chi connectivity index (χ0n) is 9.51. The molecule has 17 heavy (non-hydrogen) atoms. The number of anilines is 1. The number of nitrogens with zero attached hydrogens (tertiary/aromatic N) is 1. The van der Waals surface area contributed by atoms with E-state index >= 15 is 0 Å². The molecule has 4 N–H and O–H groups in total. The van der Waals surface area contributed by atoms with E-state index in [1.165, 1.54) is 0 Å². The van der Waals surface area contributed by atoms with Crippen LogP contribution in [0.3, 0.4) is 0 Å². The minimum atomic E-state index is -0.833. The van der Waals surface area contributed by atoms with Crippen molar-refractivity contribution < 1.29 is 14.7 Å². The van der Waals surface area contributed by atoms with Gasteiger partial charge in [0.15, 0.2) is 0 Å². The molecule has 1 aromatic carbocycles. The first-order chi connectivity index (χ1) is 8.02. The number of hydrogen-bond acceptors (Lipinski definition) is 4. The molecule has 0 saturated carbocycles. The normalized spacial score (nSPS) is 13.8. The van der Waals surface area contributed by atoms with Crippen molar-refractivity contribution in [1.82, 2.24) is 5.32 Å². The first-order valence-electron chi connectivity index (χ1n) is 5.11. The minimum absolute atomic E-state index is 0.0523. The molecule has 1 heterocycles. The zero-order chi connectivity index (χ0) is 12.8. The van der Waals surface area contributed by atoms with Crippen molar-refractivity contribution in [2.24, 2.45) is 5.84 Å². The molecule has 1 aromatic rings. The van der Waals surface area contributed by atoms with E-state index in [9.17, 15) is 4.79 Å². The Labute approximate surface area is 99.0 Å². The number of para-hydroxylation sites is 1. The molecule has 1 aliphatic heterocycles. The number of nitrogens with two attached hydrogens (primary N) is 1. The number of carbonyl (C=O) groups is 2. The minimum Gasteiger partial charge on any atom is -0.481 e. The lowest BCUT2D eigenvalue weighted by Gasteiger charge is -2.16. The van der Waals surface area contributed by atoms with Crippen LogP contribution in [0.2, 0.25) is 0 Å². The molecule has 0 spiro atoms. The second-order valence-corrected chi connectivity index (χ2v) is 3.49. The molecule has 2 rings (SSSR count). The van der Waals surface area contributed by atoms with Gasteiger partial charge in [-0.2, -0.15) is 0 Å². The molecule has 0 bridgehead atoms. The molecule has 92 valence electrons. The van der Waals surface area contributed by atoms with Gasteiger partial charge in [0.05, 0.1) is 17.8 Å². The SMILES string of the molecule is CC(=O)O.NN1CCNC(=O)c2ccccc21. The quantitative estimate of drug-likeness (QED) is 0.560. The number of fused-ring (bicyclic) bond motifs is 1. The Hall–Kier alpha value is -2.08. The summed E-state index contributed by atoms with van der Waals surface area (Å²) in [5, 5.41) is 11.8. The van der Waals surface area contributed by atoms with Gasteiger partial charge >= 0.3 is 0 Å². The first kappa shape index (κ1) is 13.0. The lowest BCUT2D eigenvalue weighted by atomic mass is 10.1. The van der Waals surface area contributed by atoms with Gasteiger partial charge in [-0.25, -0.2) is 5.84 Å². The summed E-state index contributed by atoms with van der Waals surface area (Å²) in [4.78, 5) is 20.5. The fraction of sp³-hybridized carbons (Fsp3) is 0.273. The summed E-state index contributed by atoms with van der Waals surface area (Å²) in [6, 6.07) is 7.32. The van der Waals surface area contributed by atoms with Crippen molar-refractivity contribution in [1.29, 1.82) is 0 Å². The maximum atomic E-state index is 11.5. The van der Waals surface area contributed by atoms with Crippen molar-refractivity contribution in [2.45, 2.75) is 6.92 Å². The topological polar surface area (TPSA) is 95.7 Å². The first-order valence-corrected chi connectivity index (χ1v) is 5.11. The van der Waals surface area contributed by atoms with Crippen LogP contribution < -0.4 is 16.2 Å². The number of hydrazine groups is 1. The smallest absolute Gasteiger partial charge is 0.300 e. The average molecular weight is 237 g/mol. The monoisotopic (exact) mass is 237 g/mol. The Morgan fingerprint density at radius 1 is 1.47 bits per heavy atom. The number of benzene rings is 1. The third-order valence-corrected chi connectivity index (χ3v) is 2.10. The molecule has 0 aromatic heterocycles. The fourth-order valence-corrected chi connectivity index (χ4v) is 1.42. The van der Waals surface area contributed by atoms with E-state index in [4.69, 9.17) is 15.7 Å².